The maximum Gasteiger partial charge on any atom is 0.0465 e. The second-order valence-electron chi connectivity index (χ2n) is 5.31. The van der Waals surface area contributed by atoms with Crippen LogP contribution >= 0.6 is 0 Å². The van der Waals surface area contributed by atoms with Gasteiger partial charge in [-0.15, -0.1) is 0 Å². The number of hydrogen-bond acceptors (Lipinski definition) is 3. The molecule has 2 fully saturated rings. The first-order chi connectivity index (χ1) is 6.55. The molecular weight excluding hydrogens is 174 g/mol. The third-order valence-electron chi connectivity index (χ3n) is 4.08. The highest BCUT2D eigenvalue weighted by molar-refractivity contribution is 5.08. The molecule has 0 aliphatic carbocycles. The molecule has 2 N–H and O–H groups in total. The number of rotatable bonds is 2. The Balaban J connectivity index is 2.02. The average Bonchev–Trinajstić information content (AvgIpc) is 2.54. The third kappa shape index (κ3) is 1.58. The Kier molecular flexibility index (Phi) is 2.58. The van der Waals surface area contributed by atoms with Gasteiger partial charge in [-0.05, 0) is 20.4 Å². The van der Waals surface area contributed by atoms with Crippen LogP contribution in [0.25, 0.3) is 0 Å². The van der Waals surface area contributed by atoms with E-state index in [-0.39, 0.29) is 5.54 Å². The molecule has 2 rings (SSSR count). The van der Waals surface area contributed by atoms with Crippen molar-refractivity contribution in [2.75, 3.05) is 33.2 Å². The predicted octanol–water partition coefficient (Wildman–Crippen LogP) is 0.360. The molecule has 3 atom stereocenters. The topological polar surface area (TPSA) is 32.5 Å². The SMILES string of the molecule is CCC(C)N1CC2CN(C)CC2(N)C1. The Morgan fingerprint density at radius 1 is 1.43 bits per heavy atom. The molecule has 3 unspecified atom stereocenters. The summed E-state index contributed by atoms with van der Waals surface area (Å²) in [5.41, 5.74) is 6.54. The minimum Gasteiger partial charge on any atom is -0.323 e. The fourth-order valence-corrected chi connectivity index (χ4v) is 2.99. The molecule has 3 heteroatoms. The van der Waals surface area contributed by atoms with E-state index >= 15 is 0 Å². The van der Waals surface area contributed by atoms with Gasteiger partial charge in [0.2, 0.25) is 0 Å². The number of hydrogen-bond donors (Lipinski definition) is 1. The van der Waals surface area contributed by atoms with E-state index in [2.05, 4.69) is 30.7 Å². The summed E-state index contributed by atoms with van der Waals surface area (Å²) in [7, 11) is 2.18. The van der Waals surface area contributed by atoms with Crippen molar-refractivity contribution < 1.29 is 0 Å². The highest BCUT2D eigenvalue weighted by Crippen LogP contribution is 2.33. The Bertz CT molecular complexity index is 219. The van der Waals surface area contributed by atoms with Crippen LogP contribution in [0.15, 0.2) is 0 Å². The molecule has 2 heterocycles. The Hall–Kier alpha value is -0.120. The monoisotopic (exact) mass is 197 g/mol. The van der Waals surface area contributed by atoms with E-state index in [0.29, 0.717) is 12.0 Å². The highest BCUT2D eigenvalue weighted by Gasteiger charge is 2.49. The van der Waals surface area contributed by atoms with Crippen LogP contribution in [0.4, 0.5) is 0 Å². The van der Waals surface area contributed by atoms with Crippen molar-refractivity contribution in [2.45, 2.75) is 31.8 Å². The lowest BCUT2D eigenvalue weighted by Gasteiger charge is -2.27. The normalized spacial score (nSPS) is 41.6. The quantitative estimate of drug-likeness (QED) is 0.694. The molecule has 0 aromatic carbocycles. The van der Waals surface area contributed by atoms with Crippen molar-refractivity contribution in [3.05, 3.63) is 0 Å². The fourth-order valence-electron chi connectivity index (χ4n) is 2.99. The zero-order valence-electron chi connectivity index (χ0n) is 9.66. The second-order valence-corrected chi connectivity index (χ2v) is 5.31. The van der Waals surface area contributed by atoms with Crippen LogP contribution in [0.5, 0.6) is 0 Å². The first kappa shape index (κ1) is 10.4. The van der Waals surface area contributed by atoms with Gasteiger partial charge in [0.25, 0.3) is 0 Å². The minimum absolute atomic E-state index is 0.0815. The molecular formula is C11H23N3. The van der Waals surface area contributed by atoms with Gasteiger partial charge >= 0.3 is 0 Å². The van der Waals surface area contributed by atoms with Crippen LogP contribution in [0.1, 0.15) is 20.3 Å². The van der Waals surface area contributed by atoms with Crippen molar-refractivity contribution in [3.8, 4) is 0 Å². The number of likely N-dealkylation sites (N-methyl/N-ethyl adjacent to an activating group) is 1. The van der Waals surface area contributed by atoms with Gasteiger partial charge < -0.3 is 10.6 Å². The zero-order valence-corrected chi connectivity index (χ0v) is 9.66. The maximum absolute atomic E-state index is 6.45. The van der Waals surface area contributed by atoms with E-state index in [9.17, 15) is 0 Å². The number of nitrogens with zero attached hydrogens (tertiary/aromatic N) is 2. The van der Waals surface area contributed by atoms with E-state index < -0.39 is 0 Å². The molecule has 0 bridgehead atoms. The number of fused-ring (bicyclic) bond motifs is 1. The molecule has 0 radical (unpaired) electrons. The van der Waals surface area contributed by atoms with E-state index in [1.54, 1.807) is 0 Å². The Morgan fingerprint density at radius 2 is 2.14 bits per heavy atom. The minimum atomic E-state index is 0.0815. The van der Waals surface area contributed by atoms with Gasteiger partial charge in [-0.1, -0.05) is 6.92 Å². The first-order valence-corrected chi connectivity index (χ1v) is 5.76. The molecule has 2 aliphatic heterocycles. The molecule has 0 saturated carbocycles. The summed E-state index contributed by atoms with van der Waals surface area (Å²) in [4.78, 5) is 4.94. The maximum atomic E-state index is 6.45. The van der Waals surface area contributed by atoms with Crippen LogP contribution in [0.3, 0.4) is 0 Å². The molecule has 0 spiro atoms. The average molecular weight is 197 g/mol. The van der Waals surface area contributed by atoms with Gasteiger partial charge in [0.15, 0.2) is 0 Å². The zero-order chi connectivity index (χ0) is 10.3. The molecule has 82 valence electrons. The van der Waals surface area contributed by atoms with Gasteiger partial charge in [0.05, 0.1) is 0 Å². The summed E-state index contributed by atoms with van der Waals surface area (Å²) < 4.78 is 0. The van der Waals surface area contributed by atoms with Crippen molar-refractivity contribution in [2.24, 2.45) is 11.7 Å². The largest absolute Gasteiger partial charge is 0.323 e. The number of nitrogens with two attached hydrogens (primary N) is 1. The van der Waals surface area contributed by atoms with Crippen LogP contribution in [-0.2, 0) is 0 Å². The summed E-state index contributed by atoms with van der Waals surface area (Å²) >= 11 is 0. The van der Waals surface area contributed by atoms with Gasteiger partial charge in [-0.2, -0.15) is 0 Å². The lowest BCUT2D eigenvalue weighted by atomic mass is 9.92. The summed E-state index contributed by atoms with van der Waals surface area (Å²) in [6.07, 6.45) is 1.23. The summed E-state index contributed by atoms with van der Waals surface area (Å²) in [5.74, 6) is 0.696. The van der Waals surface area contributed by atoms with E-state index in [4.69, 9.17) is 5.73 Å². The van der Waals surface area contributed by atoms with Gasteiger partial charge in [0, 0.05) is 43.7 Å². The molecule has 0 amide bonds. The van der Waals surface area contributed by atoms with Gasteiger partial charge in [-0.25, -0.2) is 0 Å². The fraction of sp³-hybridized carbons (Fsp3) is 1.00. The molecule has 14 heavy (non-hydrogen) atoms. The lowest BCUT2D eigenvalue weighted by Crippen LogP contribution is -2.49. The van der Waals surface area contributed by atoms with Crippen LogP contribution in [-0.4, -0.2) is 54.6 Å². The molecule has 0 aromatic rings. The Labute approximate surface area is 87.2 Å². The predicted molar refractivity (Wildman–Crippen MR) is 59.2 cm³/mol. The molecule has 2 aliphatic rings. The third-order valence-corrected chi connectivity index (χ3v) is 4.08. The summed E-state index contributed by atoms with van der Waals surface area (Å²) in [6.45, 7) is 9.13. The highest BCUT2D eigenvalue weighted by atomic mass is 15.3. The molecule has 0 aromatic heterocycles. The first-order valence-electron chi connectivity index (χ1n) is 5.76. The standard InChI is InChI=1S/C11H23N3/c1-4-9(2)14-6-10-5-13(3)7-11(10,12)8-14/h9-10H,4-8,12H2,1-3H3. The summed E-state index contributed by atoms with van der Waals surface area (Å²) in [6, 6.07) is 0.700. The lowest BCUT2D eigenvalue weighted by molar-refractivity contribution is 0.213. The van der Waals surface area contributed by atoms with E-state index in [1.807, 2.05) is 0 Å². The van der Waals surface area contributed by atoms with E-state index in [1.165, 1.54) is 19.5 Å². The van der Waals surface area contributed by atoms with Crippen molar-refractivity contribution in [1.82, 2.24) is 9.80 Å². The van der Waals surface area contributed by atoms with Crippen molar-refractivity contribution in [1.29, 1.82) is 0 Å². The second kappa shape index (κ2) is 3.47. The van der Waals surface area contributed by atoms with Gasteiger partial charge in [-0.3, -0.25) is 4.90 Å². The molecule has 3 nitrogen and oxygen atoms in total. The summed E-state index contributed by atoms with van der Waals surface area (Å²) in [5, 5.41) is 0. The van der Waals surface area contributed by atoms with Gasteiger partial charge in [0.1, 0.15) is 0 Å². The molecule has 2 saturated heterocycles. The Morgan fingerprint density at radius 3 is 2.71 bits per heavy atom. The van der Waals surface area contributed by atoms with Crippen LogP contribution < -0.4 is 5.73 Å². The van der Waals surface area contributed by atoms with Crippen molar-refractivity contribution >= 4 is 0 Å². The number of likely N-dealkylation sites (tertiary alicyclic amines) is 2. The van der Waals surface area contributed by atoms with Crippen LogP contribution in [0.2, 0.25) is 0 Å². The van der Waals surface area contributed by atoms with Crippen LogP contribution in [0, 0.1) is 5.92 Å². The van der Waals surface area contributed by atoms with E-state index in [0.717, 1.165) is 13.1 Å². The smallest absolute Gasteiger partial charge is 0.0465 e. The van der Waals surface area contributed by atoms with Crippen molar-refractivity contribution in [3.63, 3.8) is 0 Å².